The van der Waals surface area contributed by atoms with Crippen LogP contribution in [0.15, 0.2) is 74.9 Å². The molecule has 160 valence electrons. The lowest BCUT2D eigenvalue weighted by atomic mass is 10.0. The minimum absolute atomic E-state index is 0.510. The van der Waals surface area contributed by atoms with Crippen molar-refractivity contribution < 1.29 is 4.74 Å². The number of rotatable bonds is 7. The molecule has 0 aliphatic carbocycles. The Kier molecular flexibility index (Phi) is 6.73. The van der Waals surface area contributed by atoms with E-state index in [-0.39, 0.29) is 0 Å². The number of aromatic nitrogens is 2. The second kappa shape index (κ2) is 9.49. The number of methoxy groups -OCH3 is 1. The maximum atomic E-state index is 5.85. The fraction of sp³-hybridized carbons (Fsp3) is 0.269. The Morgan fingerprint density at radius 3 is 2.39 bits per heavy atom. The number of benzene rings is 3. The summed E-state index contributed by atoms with van der Waals surface area (Å²) in [5.41, 5.74) is 4.44. The Balaban J connectivity index is 1.89. The summed E-state index contributed by atoms with van der Waals surface area (Å²) in [6.45, 7) is 7.51. The first-order chi connectivity index (χ1) is 15.0. The van der Waals surface area contributed by atoms with Crippen molar-refractivity contribution in [3.05, 3.63) is 70.7 Å². The molecule has 0 atom stereocenters. The Morgan fingerprint density at radius 1 is 1.06 bits per heavy atom. The standard InChI is InChI=1S/C26H27BrN2OS/c1-5-15-29-25-21(30-4)16-22(31-20-9-7-6-8-10-20)23(27)24(25)28-26(29)19-13-11-18(12-14-19)17(2)3/h6-14,16-17H,5,15H2,1-4H3. The van der Waals surface area contributed by atoms with Crippen molar-refractivity contribution in [2.45, 2.75) is 49.4 Å². The molecule has 0 fully saturated rings. The number of hydrogen-bond donors (Lipinski definition) is 0. The minimum atomic E-state index is 0.510. The summed E-state index contributed by atoms with van der Waals surface area (Å²) in [5.74, 6) is 2.34. The zero-order valence-corrected chi connectivity index (χ0v) is 20.8. The van der Waals surface area contributed by atoms with Crippen LogP contribution in [0.25, 0.3) is 22.4 Å². The molecule has 0 unspecified atom stereocenters. The summed E-state index contributed by atoms with van der Waals surface area (Å²) < 4.78 is 9.15. The smallest absolute Gasteiger partial charge is 0.146 e. The van der Waals surface area contributed by atoms with Crippen LogP contribution < -0.4 is 4.74 Å². The van der Waals surface area contributed by atoms with Gasteiger partial charge in [0, 0.05) is 21.9 Å². The van der Waals surface area contributed by atoms with Crippen molar-refractivity contribution in [3.8, 4) is 17.1 Å². The highest BCUT2D eigenvalue weighted by Gasteiger charge is 2.21. The average molecular weight is 495 g/mol. The molecule has 0 saturated carbocycles. The fourth-order valence-corrected chi connectivity index (χ4v) is 5.28. The highest BCUT2D eigenvalue weighted by atomic mass is 79.9. The van der Waals surface area contributed by atoms with E-state index in [9.17, 15) is 0 Å². The third kappa shape index (κ3) is 4.39. The van der Waals surface area contributed by atoms with E-state index in [4.69, 9.17) is 9.72 Å². The highest BCUT2D eigenvalue weighted by molar-refractivity contribution is 9.10. The van der Waals surface area contributed by atoms with Crippen LogP contribution in [0.1, 0.15) is 38.7 Å². The lowest BCUT2D eigenvalue weighted by molar-refractivity contribution is 0.416. The molecule has 0 bridgehead atoms. The lowest BCUT2D eigenvalue weighted by Gasteiger charge is -2.13. The molecule has 0 spiro atoms. The minimum Gasteiger partial charge on any atom is -0.494 e. The Bertz CT molecular complexity index is 1180. The number of ether oxygens (including phenoxy) is 1. The van der Waals surface area contributed by atoms with Crippen molar-refractivity contribution in [1.82, 2.24) is 9.55 Å². The Morgan fingerprint density at radius 2 is 1.77 bits per heavy atom. The predicted molar refractivity (Wildman–Crippen MR) is 134 cm³/mol. The van der Waals surface area contributed by atoms with E-state index < -0.39 is 0 Å². The van der Waals surface area contributed by atoms with Crippen LogP contribution in [0, 0.1) is 0 Å². The number of hydrogen-bond acceptors (Lipinski definition) is 3. The van der Waals surface area contributed by atoms with Gasteiger partial charge in [0.05, 0.1) is 11.6 Å². The molecule has 0 saturated heterocycles. The largest absolute Gasteiger partial charge is 0.494 e. The summed E-state index contributed by atoms with van der Waals surface area (Å²) in [4.78, 5) is 7.39. The highest BCUT2D eigenvalue weighted by Crippen LogP contribution is 2.43. The van der Waals surface area contributed by atoms with Gasteiger partial charge in [0.2, 0.25) is 0 Å². The van der Waals surface area contributed by atoms with Gasteiger partial charge in [-0.3, -0.25) is 0 Å². The average Bonchev–Trinajstić information content (AvgIpc) is 3.16. The van der Waals surface area contributed by atoms with Crippen LogP contribution in [0.2, 0.25) is 0 Å². The monoisotopic (exact) mass is 494 g/mol. The molecule has 4 rings (SSSR count). The van der Waals surface area contributed by atoms with Crippen molar-refractivity contribution in [1.29, 1.82) is 0 Å². The van der Waals surface area contributed by atoms with E-state index in [0.717, 1.165) is 50.5 Å². The maximum Gasteiger partial charge on any atom is 0.146 e. The molecule has 31 heavy (non-hydrogen) atoms. The molecule has 3 aromatic carbocycles. The topological polar surface area (TPSA) is 27.1 Å². The summed E-state index contributed by atoms with van der Waals surface area (Å²) >= 11 is 5.56. The zero-order valence-electron chi connectivity index (χ0n) is 18.4. The second-order valence-corrected chi connectivity index (χ2v) is 9.78. The quantitative estimate of drug-likeness (QED) is 0.259. The van der Waals surface area contributed by atoms with Gasteiger partial charge in [-0.1, -0.05) is 75.0 Å². The predicted octanol–water partition coefficient (Wildman–Crippen LogP) is 8.16. The Labute approximate surface area is 197 Å². The van der Waals surface area contributed by atoms with Gasteiger partial charge >= 0.3 is 0 Å². The normalized spacial score (nSPS) is 11.4. The third-order valence-corrected chi connectivity index (χ3v) is 7.48. The number of imidazole rings is 1. The van der Waals surface area contributed by atoms with E-state index in [0.29, 0.717) is 5.92 Å². The van der Waals surface area contributed by atoms with Gasteiger partial charge in [-0.15, -0.1) is 0 Å². The molecule has 1 aromatic heterocycles. The molecule has 0 N–H and O–H groups in total. The van der Waals surface area contributed by atoms with Crippen molar-refractivity contribution >= 4 is 38.7 Å². The first-order valence-electron chi connectivity index (χ1n) is 10.6. The van der Waals surface area contributed by atoms with E-state index in [1.807, 2.05) is 6.07 Å². The first kappa shape index (κ1) is 22.0. The molecule has 3 nitrogen and oxygen atoms in total. The number of aryl methyl sites for hydroxylation is 1. The summed E-state index contributed by atoms with van der Waals surface area (Å²) in [7, 11) is 1.74. The molecular weight excluding hydrogens is 468 g/mol. The van der Waals surface area contributed by atoms with Gasteiger partial charge in [-0.05, 0) is 52.0 Å². The number of nitrogens with zero attached hydrogens (tertiary/aromatic N) is 2. The van der Waals surface area contributed by atoms with E-state index in [1.54, 1.807) is 18.9 Å². The maximum absolute atomic E-state index is 5.85. The van der Waals surface area contributed by atoms with Gasteiger partial charge in [-0.25, -0.2) is 4.98 Å². The molecule has 0 amide bonds. The summed E-state index contributed by atoms with van der Waals surface area (Å²) in [6, 6.07) is 21.3. The van der Waals surface area contributed by atoms with Crippen molar-refractivity contribution in [3.63, 3.8) is 0 Å². The van der Waals surface area contributed by atoms with Crippen LogP contribution in [0.4, 0.5) is 0 Å². The zero-order chi connectivity index (χ0) is 22.0. The fourth-order valence-electron chi connectivity index (χ4n) is 3.75. The first-order valence-corrected chi connectivity index (χ1v) is 12.2. The molecule has 5 heteroatoms. The van der Waals surface area contributed by atoms with Gasteiger partial charge < -0.3 is 9.30 Å². The lowest BCUT2D eigenvalue weighted by Crippen LogP contribution is -2.01. The van der Waals surface area contributed by atoms with Crippen LogP contribution in [-0.4, -0.2) is 16.7 Å². The van der Waals surface area contributed by atoms with Crippen molar-refractivity contribution in [2.24, 2.45) is 0 Å². The van der Waals surface area contributed by atoms with Crippen LogP contribution >= 0.6 is 27.7 Å². The van der Waals surface area contributed by atoms with Crippen molar-refractivity contribution in [2.75, 3.05) is 7.11 Å². The van der Waals surface area contributed by atoms with Gasteiger partial charge in [0.1, 0.15) is 22.6 Å². The van der Waals surface area contributed by atoms with Crippen LogP contribution in [-0.2, 0) is 6.54 Å². The molecule has 0 aliphatic heterocycles. The van der Waals surface area contributed by atoms with Gasteiger partial charge in [0.15, 0.2) is 0 Å². The van der Waals surface area contributed by atoms with Crippen LogP contribution in [0.5, 0.6) is 5.75 Å². The molecule has 4 aromatic rings. The molecule has 0 radical (unpaired) electrons. The molecule has 1 heterocycles. The Hall–Kier alpha value is -2.24. The number of fused-ring (bicyclic) bond motifs is 1. The van der Waals surface area contributed by atoms with Gasteiger partial charge in [-0.2, -0.15) is 0 Å². The SMILES string of the molecule is CCCn1c(-c2ccc(C(C)C)cc2)nc2c(Br)c(Sc3ccccc3)cc(OC)c21. The van der Waals surface area contributed by atoms with E-state index in [1.165, 1.54) is 10.5 Å². The van der Waals surface area contributed by atoms with E-state index in [2.05, 4.69) is 95.9 Å². The van der Waals surface area contributed by atoms with Gasteiger partial charge in [0.25, 0.3) is 0 Å². The van der Waals surface area contributed by atoms with E-state index >= 15 is 0 Å². The number of halogens is 1. The second-order valence-electron chi connectivity index (χ2n) is 7.87. The third-order valence-electron chi connectivity index (χ3n) is 5.36. The molecule has 0 aliphatic rings. The summed E-state index contributed by atoms with van der Waals surface area (Å²) in [6.07, 6.45) is 1.02. The molecular formula is C26H27BrN2OS. The van der Waals surface area contributed by atoms with Crippen LogP contribution in [0.3, 0.4) is 0 Å². The summed E-state index contributed by atoms with van der Waals surface area (Å²) in [5, 5.41) is 0.